The third-order valence-electron chi connectivity index (χ3n) is 5.35. The lowest BCUT2D eigenvalue weighted by Gasteiger charge is -2.29. The minimum absolute atomic E-state index is 0.384. The van der Waals surface area contributed by atoms with E-state index in [-0.39, 0.29) is 0 Å². The van der Waals surface area contributed by atoms with Crippen LogP contribution < -0.4 is 0 Å². The maximum absolute atomic E-state index is 12.0. The lowest BCUT2D eigenvalue weighted by molar-refractivity contribution is -0.122. The summed E-state index contributed by atoms with van der Waals surface area (Å²) >= 11 is 0. The molecule has 0 spiro atoms. The van der Waals surface area contributed by atoms with Crippen LogP contribution in [0, 0.1) is 5.92 Å². The highest BCUT2D eigenvalue weighted by Crippen LogP contribution is 2.33. The Morgan fingerprint density at radius 2 is 1.79 bits per heavy atom. The fourth-order valence-electron chi connectivity index (χ4n) is 4.34. The van der Waals surface area contributed by atoms with Crippen LogP contribution in [0.4, 0.5) is 0 Å². The van der Waals surface area contributed by atoms with Gasteiger partial charge in [-0.3, -0.25) is 9.69 Å². The molecule has 2 heterocycles. The molecule has 108 valence electrons. The SMILES string of the molecule is O=C1CCCC1C1CCCN1CCCN1CCCC1. The van der Waals surface area contributed by atoms with Crippen molar-refractivity contribution in [3.63, 3.8) is 0 Å². The summed E-state index contributed by atoms with van der Waals surface area (Å²) in [6.07, 6.45) is 9.79. The molecule has 3 aliphatic rings. The van der Waals surface area contributed by atoms with Gasteiger partial charge in [-0.15, -0.1) is 0 Å². The van der Waals surface area contributed by atoms with Crippen LogP contribution in [0.2, 0.25) is 0 Å². The van der Waals surface area contributed by atoms with Crippen molar-refractivity contribution in [2.24, 2.45) is 5.92 Å². The molecular weight excluding hydrogens is 236 g/mol. The monoisotopic (exact) mass is 264 g/mol. The first-order chi connectivity index (χ1) is 9.34. The summed E-state index contributed by atoms with van der Waals surface area (Å²) in [7, 11) is 0. The van der Waals surface area contributed by atoms with E-state index < -0.39 is 0 Å². The summed E-state index contributed by atoms with van der Waals surface area (Å²) in [6.45, 7) is 6.33. The zero-order valence-corrected chi connectivity index (χ0v) is 12.1. The maximum Gasteiger partial charge on any atom is 0.137 e. The Morgan fingerprint density at radius 1 is 0.947 bits per heavy atom. The number of rotatable bonds is 5. The van der Waals surface area contributed by atoms with Gasteiger partial charge in [0.2, 0.25) is 0 Å². The van der Waals surface area contributed by atoms with Gasteiger partial charge in [0.15, 0.2) is 0 Å². The van der Waals surface area contributed by atoms with E-state index in [0.29, 0.717) is 17.7 Å². The van der Waals surface area contributed by atoms with E-state index in [0.717, 1.165) is 19.3 Å². The predicted octanol–water partition coefficient (Wildman–Crippen LogP) is 2.31. The Balaban J connectivity index is 1.45. The lowest BCUT2D eigenvalue weighted by atomic mass is 9.95. The van der Waals surface area contributed by atoms with Gasteiger partial charge >= 0.3 is 0 Å². The quantitative estimate of drug-likeness (QED) is 0.761. The van der Waals surface area contributed by atoms with E-state index in [1.165, 1.54) is 64.8 Å². The van der Waals surface area contributed by atoms with Gasteiger partial charge in [0.05, 0.1) is 0 Å². The molecule has 2 unspecified atom stereocenters. The predicted molar refractivity (Wildman–Crippen MR) is 77.2 cm³/mol. The number of carbonyl (C=O) groups excluding carboxylic acids is 1. The Hall–Kier alpha value is -0.410. The van der Waals surface area contributed by atoms with Gasteiger partial charge in [-0.25, -0.2) is 0 Å². The van der Waals surface area contributed by atoms with Gasteiger partial charge < -0.3 is 4.90 Å². The Labute approximate surface area is 117 Å². The molecule has 0 aromatic heterocycles. The molecule has 1 saturated carbocycles. The molecule has 2 atom stereocenters. The van der Waals surface area contributed by atoms with Crippen molar-refractivity contribution >= 4 is 5.78 Å². The first-order valence-electron chi connectivity index (χ1n) is 8.34. The van der Waals surface area contributed by atoms with E-state index >= 15 is 0 Å². The van der Waals surface area contributed by atoms with Crippen LogP contribution in [0.5, 0.6) is 0 Å². The van der Waals surface area contributed by atoms with Crippen molar-refractivity contribution in [2.45, 2.75) is 57.4 Å². The van der Waals surface area contributed by atoms with Crippen LogP contribution in [0.1, 0.15) is 51.4 Å². The zero-order valence-electron chi connectivity index (χ0n) is 12.1. The van der Waals surface area contributed by atoms with Gasteiger partial charge in [-0.2, -0.15) is 0 Å². The van der Waals surface area contributed by atoms with E-state index in [1.807, 2.05) is 0 Å². The molecule has 0 N–H and O–H groups in total. The summed E-state index contributed by atoms with van der Waals surface area (Å²) < 4.78 is 0. The average Bonchev–Trinajstić information content (AvgIpc) is 3.10. The van der Waals surface area contributed by atoms with Crippen LogP contribution in [-0.2, 0) is 4.79 Å². The van der Waals surface area contributed by atoms with Gasteiger partial charge in [-0.05, 0) is 77.7 Å². The molecule has 3 nitrogen and oxygen atoms in total. The highest BCUT2D eigenvalue weighted by Gasteiger charge is 2.37. The number of ketones is 1. The second-order valence-electron chi connectivity index (χ2n) is 6.61. The molecule has 19 heavy (non-hydrogen) atoms. The van der Waals surface area contributed by atoms with E-state index in [9.17, 15) is 4.79 Å². The van der Waals surface area contributed by atoms with E-state index in [2.05, 4.69) is 9.80 Å². The average molecular weight is 264 g/mol. The molecule has 2 aliphatic heterocycles. The summed E-state index contributed by atoms with van der Waals surface area (Å²) in [5, 5.41) is 0. The smallest absolute Gasteiger partial charge is 0.137 e. The summed E-state index contributed by atoms with van der Waals surface area (Å²) in [4.78, 5) is 17.2. The number of hydrogen-bond acceptors (Lipinski definition) is 3. The molecule has 0 aromatic carbocycles. The standard InChI is InChI=1S/C16H28N2O/c19-16-8-3-6-14(16)15-7-4-12-18(15)13-5-11-17-9-1-2-10-17/h14-15H,1-13H2. The summed E-state index contributed by atoms with van der Waals surface area (Å²) in [6, 6.07) is 0.591. The number of nitrogens with zero attached hydrogens (tertiary/aromatic N) is 2. The normalized spacial score (nSPS) is 33.6. The van der Waals surface area contributed by atoms with Gasteiger partial charge in [-0.1, -0.05) is 0 Å². The topological polar surface area (TPSA) is 23.6 Å². The first kappa shape index (κ1) is 13.6. The third-order valence-corrected chi connectivity index (χ3v) is 5.35. The molecule has 2 saturated heterocycles. The van der Waals surface area contributed by atoms with E-state index in [1.54, 1.807) is 0 Å². The Bertz CT molecular complexity index is 312. The minimum atomic E-state index is 0.384. The second-order valence-corrected chi connectivity index (χ2v) is 6.61. The Kier molecular flexibility index (Phi) is 4.54. The van der Waals surface area contributed by atoms with Crippen molar-refractivity contribution in [3.05, 3.63) is 0 Å². The largest absolute Gasteiger partial charge is 0.303 e. The van der Waals surface area contributed by atoms with Crippen molar-refractivity contribution in [1.82, 2.24) is 9.80 Å². The second kappa shape index (κ2) is 6.36. The zero-order chi connectivity index (χ0) is 13.1. The lowest BCUT2D eigenvalue weighted by Crippen LogP contribution is -2.39. The van der Waals surface area contributed by atoms with E-state index in [4.69, 9.17) is 0 Å². The molecule has 0 amide bonds. The van der Waals surface area contributed by atoms with Crippen LogP contribution in [0.25, 0.3) is 0 Å². The van der Waals surface area contributed by atoms with Crippen molar-refractivity contribution in [3.8, 4) is 0 Å². The minimum Gasteiger partial charge on any atom is -0.303 e. The summed E-state index contributed by atoms with van der Waals surface area (Å²) in [5.41, 5.74) is 0. The van der Waals surface area contributed by atoms with Crippen LogP contribution in [0.15, 0.2) is 0 Å². The van der Waals surface area contributed by atoms with Crippen molar-refractivity contribution in [2.75, 3.05) is 32.7 Å². The fraction of sp³-hybridized carbons (Fsp3) is 0.938. The Morgan fingerprint density at radius 3 is 2.53 bits per heavy atom. The molecule has 0 bridgehead atoms. The first-order valence-corrected chi connectivity index (χ1v) is 8.34. The number of carbonyl (C=O) groups is 1. The highest BCUT2D eigenvalue weighted by atomic mass is 16.1. The van der Waals surface area contributed by atoms with Gasteiger partial charge in [0, 0.05) is 18.4 Å². The van der Waals surface area contributed by atoms with Gasteiger partial charge in [0.25, 0.3) is 0 Å². The number of likely N-dealkylation sites (tertiary alicyclic amines) is 2. The van der Waals surface area contributed by atoms with Crippen molar-refractivity contribution < 1.29 is 4.79 Å². The van der Waals surface area contributed by atoms with Crippen LogP contribution in [-0.4, -0.2) is 54.3 Å². The molecule has 1 aliphatic carbocycles. The van der Waals surface area contributed by atoms with Crippen molar-refractivity contribution in [1.29, 1.82) is 0 Å². The summed E-state index contributed by atoms with van der Waals surface area (Å²) in [5.74, 6) is 0.936. The van der Waals surface area contributed by atoms with Crippen LogP contribution >= 0.6 is 0 Å². The molecule has 3 fully saturated rings. The fourth-order valence-corrected chi connectivity index (χ4v) is 4.34. The maximum atomic E-state index is 12.0. The molecule has 3 rings (SSSR count). The molecular formula is C16H28N2O. The number of hydrogen-bond donors (Lipinski definition) is 0. The van der Waals surface area contributed by atoms with Crippen LogP contribution in [0.3, 0.4) is 0 Å². The molecule has 0 aromatic rings. The molecule has 3 heteroatoms. The third kappa shape index (κ3) is 3.19. The number of Topliss-reactive ketones (excluding diaryl/α,β-unsaturated/α-hetero) is 1. The molecule has 0 radical (unpaired) electrons. The highest BCUT2D eigenvalue weighted by molar-refractivity contribution is 5.83. The van der Waals surface area contributed by atoms with Gasteiger partial charge in [0.1, 0.15) is 5.78 Å².